The summed E-state index contributed by atoms with van der Waals surface area (Å²) in [6.45, 7) is 1.80. The molecule has 106 valence electrons. The molecule has 0 spiro atoms. The topological polar surface area (TPSA) is 90.2 Å². The maximum atomic E-state index is 11.0. The number of aromatic nitrogens is 3. The monoisotopic (exact) mass is 275 g/mol. The summed E-state index contributed by atoms with van der Waals surface area (Å²) in [6.07, 6.45) is 4.05. The molecule has 0 saturated carbocycles. The van der Waals surface area contributed by atoms with E-state index in [1.54, 1.807) is 0 Å². The summed E-state index contributed by atoms with van der Waals surface area (Å²) in [5, 5.41) is 3.62. The van der Waals surface area contributed by atoms with E-state index in [0.717, 1.165) is 25.9 Å². The lowest BCUT2D eigenvalue weighted by Gasteiger charge is -2.21. The number of aryl methyl sites for hydroxylation is 1. The molecule has 0 radical (unpaired) electrons. The Hall–Kier alpha value is -2.15. The van der Waals surface area contributed by atoms with Crippen LogP contribution in [-0.2, 0) is 13.6 Å². The highest BCUT2D eigenvalue weighted by Crippen LogP contribution is 2.32. The highest BCUT2D eigenvalue weighted by atomic mass is 16.5. The van der Waals surface area contributed by atoms with E-state index in [0.29, 0.717) is 5.89 Å². The van der Waals surface area contributed by atoms with E-state index in [9.17, 15) is 4.79 Å². The molecule has 1 atom stereocenters. The Morgan fingerprint density at radius 3 is 3.10 bits per heavy atom. The van der Waals surface area contributed by atoms with Gasteiger partial charge in [-0.2, -0.15) is 4.98 Å². The number of carbonyl (C=O) groups excluding carboxylic acids is 1. The molecule has 2 aromatic heterocycles. The fourth-order valence-corrected chi connectivity index (χ4v) is 2.63. The molecule has 2 N–H and O–H groups in total. The molecule has 3 rings (SSSR count). The number of nitrogens with two attached hydrogens (primary N) is 1. The lowest BCUT2D eigenvalue weighted by molar-refractivity contribution is 0.0987. The summed E-state index contributed by atoms with van der Waals surface area (Å²) in [5.74, 6) is -0.233. The van der Waals surface area contributed by atoms with E-state index in [1.807, 2.05) is 19.3 Å². The van der Waals surface area contributed by atoms with Gasteiger partial charge in [0.2, 0.25) is 5.89 Å². The van der Waals surface area contributed by atoms with Crippen molar-refractivity contribution in [2.75, 3.05) is 6.54 Å². The van der Waals surface area contributed by atoms with Crippen LogP contribution >= 0.6 is 0 Å². The maximum Gasteiger partial charge on any atom is 0.290 e. The third kappa shape index (κ3) is 2.32. The molecule has 2 aromatic rings. The van der Waals surface area contributed by atoms with E-state index in [2.05, 4.69) is 25.7 Å². The Morgan fingerprint density at radius 1 is 1.60 bits per heavy atom. The van der Waals surface area contributed by atoms with E-state index < -0.39 is 5.91 Å². The first-order chi connectivity index (χ1) is 9.65. The highest BCUT2D eigenvalue weighted by molar-refractivity contribution is 5.88. The van der Waals surface area contributed by atoms with Crippen molar-refractivity contribution in [3.05, 3.63) is 35.7 Å². The SMILES string of the molecule is Cn1cccc1CN1CCCC1c1nc(C(N)=O)no1. The molecule has 0 bridgehead atoms. The van der Waals surface area contributed by atoms with Crippen molar-refractivity contribution < 1.29 is 9.32 Å². The Labute approximate surface area is 116 Å². The van der Waals surface area contributed by atoms with Crippen LogP contribution in [-0.4, -0.2) is 32.1 Å². The summed E-state index contributed by atoms with van der Waals surface area (Å²) in [4.78, 5) is 17.4. The van der Waals surface area contributed by atoms with Gasteiger partial charge in [0.15, 0.2) is 0 Å². The lowest BCUT2D eigenvalue weighted by Crippen LogP contribution is -2.24. The average molecular weight is 275 g/mol. The molecule has 7 nitrogen and oxygen atoms in total. The minimum Gasteiger partial charge on any atom is -0.363 e. The number of hydrogen-bond acceptors (Lipinski definition) is 5. The fraction of sp³-hybridized carbons (Fsp3) is 0.462. The first kappa shape index (κ1) is 12.9. The molecule has 0 aromatic carbocycles. The molecule has 1 amide bonds. The molecule has 3 heterocycles. The Bertz CT molecular complexity index is 618. The van der Waals surface area contributed by atoms with Crippen LogP contribution in [0.5, 0.6) is 0 Å². The summed E-state index contributed by atoms with van der Waals surface area (Å²) in [7, 11) is 2.03. The van der Waals surface area contributed by atoms with Gasteiger partial charge in [-0.25, -0.2) is 0 Å². The molecule has 1 unspecified atom stereocenters. The third-order valence-electron chi connectivity index (χ3n) is 3.73. The molecule has 1 aliphatic rings. The van der Waals surface area contributed by atoms with Crippen molar-refractivity contribution in [2.24, 2.45) is 12.8 Å². The van der Waals surface area contributed by atoms with E-state index in [1.165, 1.54) is 5.69 Å². The van der Waals surface area contributed by atoms with Crippen LogP contribution in [0.25, 0.3) is 0 Å². The number of likely N-dealkylation sites (tertiary alicyclic amines) is 1. The summed E-state index contributed by atoms with van der Waals surface area (Å²) < 4.78 is 7.27. The Balaban J connectivity index is 1.78. The van der Waals surface area contributed by atoms with Crippen LogP contribution in [0, 0.1) is 0 Å². The van der Waals surface area contributed by atoms with Crippen molar-refractivity contribution in [3.8, 4) is 0 Å². The highest BCUT2D eigenvalue weighted by Gasteiger charge is 2.31. The van der Waals surface area contributed by atoms with E-state index in [4.69, 9.17) is 10.3 Å². The van der Waals surface area contributed by atoms with Gasteiger partial charge in [0.05, 0.1) is 6.04 Å². The average Bonchev–Trinajstić information content (AvgIpc) is 3.11. The lowest BCUT2D eigenvalue weighted by atomic mass is 10.2. The van der Waals surface area contributed by atoms with Gasteiger partial charge in [-0.05, 0) is 31.5 Å². The first-order valence-electron chi connectivity index (χ1n) is 6.63. The molecule has 1 aliphatic heterocycles. The molecular weight excluding hydrogens is 258 g/mol. The second-order valence-corrected chi connectivity index (χ2v) is 5.06. The summed E-state index contributed by atoms with van der Waals surface area (Å²) >= 11 is 0. The number of rotatable bonds is 4. The second-order valence-electron chi connectivity index (χ2n) is 5.06. The largest absolute Gasteiger partial charge is 0.363 e. The second kappa shape index (κ2) is 5.09. The van der Waals surface area contributed by atoms with Crippen LogP contribution in [0.1, 0.15) is 41.1 Å². The van der Waals surface area contributed by atoms with Gasteiger partial charge in [0.1, 0.15) is 0 Å². The minimum atomic E-state index is -0.660. The molecule has 0 aliphatic carbocycles. The van der Waals surface area contributed by atoms with E-state index >= 15 is 0 Å². The smallest absolute Gasteiger partial charge is 0.290 e. The van der Waals surface area contributed by atoms with Gasteiger partial charge in [0, 0.05) is 25.5 Å². The number of nitrogens with zero attached hydrogens (tertiary/aromatic N) is 4. The third-order valence-corrected chi connectivity index (χ3v) is 3.73. The molecule has 1 fully saturated rings. The molecular formula is C13H17N5O2. The van der Waals surface area contributed by atoms with Gasteiger partial charge >= 0.3 is 0 Å². The zero-order chi connectivity index (χ0) is 14.1. The van der Waals surface area contributed by atoms with Crippen molar-refractivity contribution in [1.82, 2.24) is 19.6 Å². The number of primary amides is 1. The van der Waals surface area contributed by atoms with Crippen molar-refractivity contribution in [2.45, 2.75) is 25.4 Å². The van der Waals surface area contributed by atoms with Crippen molar-refractivity contribution in [3.63, 3.8) is 0 Å². The predicted octanol–water partition coefficient (Wildman–Crippen LogP) is 0.844. The van der Waals surface area contributed by atoms with Crippen LogP contribution in [0.2, 0.25) is 0 Å². The van der Waals surface area contributed by atoms with E-state index in [-0.39, 0.29) is 11.9 Å². The van der Waals surface area contributed by atoms with Gasteiger partial charge in [-0.15, -0.1) is 0 Å². The first-order valence-corrected chi connectivity index (χ1v) is 6.63. The van der Waals surface area contributed by atoms with Crippen LogP contribution in [0.3, 0.4) is 0 Å². The fourth-order valence-electron chi connectivity index (χ4n) is 2.63. The molecule has 7 heteroatoms. The number of amides is 1. The molecule has 20 heavy (non-hydrogen) atoms. The van der Waals surface area contributed by atoms with Gasteiger partial charge in [-0.3, -0.25) is 9.69 Å². The summed E-state index contributed by atoms with van der Waals surface area (Å²) in [5.41, 5.74) is 6.38. The van der Waals surface area contributed by atoms with Gasteiger partial charge in [-0.1, -0.05) is 5.16 Å². The maximum absolute atomic E-state index is 11.0. The Kier molecular flexibility index (Phi) is 3.27. The van der Waals surface area contributed by atoms with Crippen molar-refractivity contribution in [1.29, 1.82) is 0 Å². The molecule has 1 saturated heterocycles. The Morgan fingerprint density at radius 2 is 2.45 bits per heavy atom. The van der Waals surface area contributed by atoms with Gasteiger partial charge in [0.25, 0.3) is 11.7 Å². The quantitative estimate of drug-likeness (QED) is 0.893. The van der Waals surface area contributed by atoms with Crippen LogP contribution < -0.4 is 5.73 Å². The number of hydrogen-bond donors (Lipinski definition) is 1. The summed E-state index contributed by atoms with van der Waals surface area (Å²) in [6, 6.07) is 4.18. The standard InChI is InChI=1S/C13H17N5O2/c1-17-6-2-4-9(17)8-18-7-3-5-10(18)13-15-12(11(14)19)16-20-13/h2,4,6,10H,3,5,7-8H2,1H3,(H2,14,19). The zero-order valence-electron chi connectivity index (χ0n) is 11.3. The van der Waals surface area contributed by atoms with Crippen LogP contribution in [0.4, 0.5) is 0 Å². The zero-order valence-corrected chi connectivity index (χ0v) is 11.3. The normalized spacial score (nSPS) is 19.6. The van der Waals surface area contributed by atoms with Crippen LogP contribution in [0.15, 0.2) is 22.9 Å². The predicted molar refractivity (Wildman–Crippen MR) is 70.6 cm³/mol. The minimum absolute atomic E-state index is 0.0503. The number of carbonyl (C=O) groups is 1. The van der Waals surface area contributed by atoms with Crippen molar-refractivity contribution >= 4 is 5.91 Å². The van der Waals surface area contributed by atoms with Gasteiger partial charge < -0.3 is 14.8 Å².